The fourth-order valence-electron chi connectivity index (χ4n) is 1.52. The Hall–Kier alpha value is -1.62. The summed E-state index contributed by atoms with van der Waals surface area (Å²) < 4.78 is 0.966. The molecule has 0 saturated carbocycles. The van der Waals surface area contributed by atoms with Crippen LogP contribution in [0.3, 0.4) is 0 Å². The van der Waals surface area contributed by atoms with Gasteiger partial charge in [0.05, 0.1) is 11.0 Å². The molecule has 2 N–H and O–H groups in total. The Morgan fingerprint density at radius 3 is 2.14 bits per heavy atom. The van der Waals surface area contributed by atoms with E-state index in [1.54, 1.807) is 33.8 Å². The predicted octanol–water partition coefficient (Wildman–Crippen LogP) is 3.47. The number of carbonyl (C=O) groups is 2. The van der Waals surface area contributed by atoms with Gasteiger partial charge in [0, 0.05) is 10.5 Å². The van der Waals surface area contributed by atoms with Crippen LogP contribution in [0, 0.1) is 5.41 Å². The summed E-state index contributed by atoms with van der Waals surface area (Å²) in [6, 6.07) is 7.52. The fraction of sp³-hybridized carbons (Fsp3) is 0.375. The Balaban J connectivity index is 2.77. The highest BCUT2D eigenvalue weighted by Gasteiger charge is 2.44. The van der Waals surface area contributed by atoms with Gasteiger partial charge >= 0.3 is 5.97 Å². The smallest absolute Gasteiger partial charge is 0.311 e. The predicted molar refractivity (Wildman–Crippen MR) is 86.8 cm³/mol. The lowest BCUT2D eigenvalue weighted by molar-refractivity contribution is -0.151. The monoisotopic (exact) mass is 353 g/mol. The van der Waals surface area contributed by atoms with Gasteiger partial charge in [-0.15, -0.1) is 0 Å². The highest BCUT2D eigenvalue weighted by molar-refractivity contribution is 9.10. The second-order valence-corrected chi connectivity index (χ2v) is 6.84. The number of nitrogens with one attached hydrogen (secondary N) is 1. The number of carboxylic acids is 1. The van der Waals surface area contributed by atoms with Crippen molar-refractivity contribution < 1.29 is 14.7 Å². The van der Waals surface area contributed by atoms with Crippen molar-refractivity contribution in [3.63, 3.8) is 0 Å². The van der Waals surface area contributed by atoms with Crippen LogP contribution in [0.15, 0.2) is 34.8 Å². The average molecular weight is 354 g/mol. The van der Waals surface area contributed by atoms with E-state index in [0.717, 1.165) is 10.0 Å². The molecule has 0 aromatic heterocycles. The quantitative estimate of drug-likeness (QED) is 0.796. The fourth-order valence-corrected chi connectivity index (χ4v) is 1.78. The number of amides is 1. The maximum atomic E-state index is 12.0. The van der Waals surface area contributed by atoms with E-state index < -0.39 is 16.9 Å². The van der Waals surface area contributed by atoms with Gasteiger partial charge < -0.3 is 10.4 Å². The Morgan fingerprint density at radius 1 is 1.14 bits per heavy atom. The molecule has 0 atom stereocenters. The molecule has 0 aliphatic heterocycles. The third-order valence-corrected chi connectivity index (χ3v) is 4.36. The highest BCUT2D eigenvalue weighted by Crippen LogP contribution is 2.30. The first-order chi connectivity index (χ1) is 9.56. The standard InChI is InChI=1S/C16H20BrNO3/c1-15(2,14(20)21)16(3,4)18-13(19)10-7-11-5-8-12(17)9-6-11/h5-10H,1-4H3,(H,18,19)(H,20,21). The molecule has 0 spiro atoms. The van der Waals surface area contributed by atoms with Crippen LogP contribution in [0.25, 0.3) is 6.08 Å². The van der Waals surface area contributed by atoms with Gasteiger partial charge in [-0.3, -0.25) is 9.59 Å². The summed E-state index contributed by atoms with van der Waals surface area (Å²) in [6.07, 6.45) is 3.09. The van der Waals surface area contributed by atoms with Crippen LogP contribution in [-0.4, -0.2) is 22.5 Å². The Kier molecular flexibility index (Phi) is 5.34. The van der Waals surface area contributed by atoms with Gasteiger partial charge in [0.25, 0.3) is 0 Å². The molecular weight excluding hydrogens is 334 g/mol. The largest absolute Gasteiger partial charge is 0.481 e. The molecule has 1 aromatic rings. The van der Waals surface area contributed by atoms with Gasteiger partial charge in [-0.05, 0) is 51.5 Å². The average Bonchev–Trinajstić information content (AvgIpc) is 2.37. The molecule has 0 aliphatic carbocycles. The zero-order valence-electron chi connectivity index (χ0n) is 12.6. The van der Waals surface area contributed by atoms with E-state index in [-0.39, 0.29) is 5.91 Å². The lowest BCUT2D eigenvalue weighted by Gasteiger charge is -2.38. The minimum Gasteiger partial charge on any atom is -0.481 e. The topological polar surface area (TPSA) is 66.4 Å². The summed E-state index contributed by atoms with van der Waals surface area (Å²) in [5.74, 6) is -1.28. The normalized spacial score (nSPS) is 12.4. The minimum atomic E-state index is -1.08. The number of aliphatic carboxylic acids is 1. The number of halogens is 1. The second-order valence-electron chi connectivity index (χ2n) is 5.93. The molecule has 1 aromatic carbocycles. The van der Waals surface area contributed by atoms with E-state index in [2.05, 4.69) is 21.2 Å². The molecule has 1 amide bonds. The van der Waals surface area contributed by atoms with Crippen molar-refractivity contribution in [1.29, 1.82) is 0 Å². The number of carboxylic acid groups (broad SMARTS) is 1. The first-order valence-corrected chi connectivity index (χ1v) is 7.35. The molecule has 0 fully saturated rings. The van der Waals surface area contributed by atoms with E-state index in [4.69, 9.17) is 0 Å². The second kappa shape index (κ2) is 6.43. The molecule has 1 rings (SSSR count). The third-order valence-electron chi connectivity index (χ3n) is 3.83. The first-order valence-electron chi connectivity index (χ1n) is 6.55. The molecule has 114 valence electrons. The van der Waals surface area contributed by atoms with Crippen molar-refractivity contribution in [2.75, 3.05) is 0 Å². The van der Waals surface area contributed by atoms with Crippen molar-refractivity contribution in [1.82, 2.24) is 5.32 Å². The molecule has 21 heavy (non-hydrogen) atoms. The molecule has 0 aliphatic rings. The number of hydrogen-bond donors (Lipinski definition) is 2. The van der Waals surface area contributed by atoms with Gasteiger partial charge in [0.15, 0.2) is 0 Å². The van der Waals surface area contributed by atoms with Gasteiger partial charge in [-0.25, -0.2) is 0 Å². The molecule has 0 unspecified atom stereocenters. The number of rotatable bonds is 5. The summed E-state index contributed by atoms with van der Waals surface area (Å²) in [5, 5.41) is 12.0. The molecule has 0 bridgehead atoms. The van der Waals surface area contributed by atoms with Gasteiger partial charge in [-0.2, -0.15) is 0 Å². The van der Waals surface area contributed by atoms with Crippen LogP contribution in [-0.2, 0) is 9.59 Å². The number of carbonyl (C=O) groups excluding carboxylic acids is 1. The third kappa shape index (κ3) is 4.43. The van der Waals surface area contributed by atoms with Crippen LogP contribution in [0.1, 0.15) is 33.3 Å². The van der Waals surface area contributed by atoms with Gasteiger partial charge in [0.1, 0.15) is 0 Å². The SMILES string of the molecule is CC(C)(NC(=O)C=Cc1ccc(Br)cc1)C(C)(C)C(=O)O. The molecule has 0 radical (unpaired) electrons. The Labute approximate surface area is 133 Å². The van der Waals surface area contributed by atoms with E-state index >= 15 is 0 Å². The zero-order valence-corrected chi connectivity index (χ0v) is 14.2. The van der Waals surface area contributed by atoms with E-state index in [1.165, 1.54) is 6.08 Å². The summed E-state index contributed by atoms with van der Waals surface area (Å²) >= 11 is 3.34. The van der Waals surface area contributed by atoms with Crippen LogP contribution in [0.2, 0.25) is 0 Å². The zero-order chi connectivity index (χ0) is 16.3. The molecule has 4 nitrogen and oxygen atoms in total. The minimum absolute atomic E-state index is 0.322. The maximum absolute atomic E-state index is 12.0. The summed E-state index contributed by atoms with van der Waals surface area (Å²) in [4.78, 5) is 23.3. The van der Waals surface area contributed by atoms with Crippen molar-refractivity contribution in [2.45, 2.75) is 33.2 Å². The lowest BCUT2D eigenvalue weighted by Crippen LogP contribution is -2.56. The van der Waals surface area contributed by atoms with E-state index in [1.807, 2.05) is 24.3 Å². The molecular formula is C16H20BrNO3. The summed E-state index contributed by atoms with van der Waals surface area (Å²) in [7, 11) is 0. The molecule has 5 heteroatoms. The lowest BCUT2D eigenvalue weighted by atomic mass is 9.74. The Bertz CT molecular complexity index is 559. The van der Waals surface area contributed by atoms with Crippen molar-refractivity contribution in [2.24, 2.45) is 5.41 Å². The summed E-state index contributed by atoms with van der Waals surface area (Å²) in [6.45, 7) is 6.58. The van der Waals surface area contributed by atoms with Crippen LogP contribution in [0.4, 0.5) is 0 Å². The van der Waals surface area contributed by atoms with Crippen LogP contribution in [0.5, 0.6) is 0 Å². The van der Waals surface area contributed by atoms with Gasteiger partial charge in [0.2, 0.25) is 5.91 Å². The van der Waals surface area contributed by atoms with E-state index in [0.29, 0.717) is 0 Å². The van der Waals surface area contributed by atoms with E-state index in [9.17, 15) is 14.7 Å². The van der Waals surface area contributed by atoms with Crippen LogP contribution < -0.4 is 5.32 Å². The molecule has 0 heterocycles. The summed E-state index contributed by atoms with van der Waals surface area (Å²) in [5.41, 5.74) is -1.06. The van der Waals surface area contributed by atoms with Gasteiger partial charge in [-0.1, -0.05) is 28.1 Å². The van der Waals surface area contributed by atoms with Crippen molar-refractivity contribution in [3.8, 4) is 0 Å². The molecule has 0 saturated heterocycles. The number of hydrogen-bond acceptors (Lipinski definition) is 2. The first kappa shape index (κ1) is 17.4. The Morgan fingerprint density at radius 2 is 1.67 bits per heavy atom. The highest BCUT2D eigenvalue weighted by atomic mass is 79.9. The maximum Gasteiger partial charge on any atom is 0.311 e. The number of benzene rings is 1. The van der Waals surface area contributed by atoms with Crippen molar-refractivity contribution in [3.05, 3.63) is 40.4 Å². The van der Waals surface area contributed by atoms with Crippen LogP contribution >= 0.6 is 15.9 Å². The van der Waals surface area contributed by atoms with Crippen molar-refractivity contribution >= 4 is 33.9 Å².